The van der Waals surface area contributed by atoms with E-state index >= 15 is 0 Å². The van der Waals surface area contributed by atoms with Gasteiger partial charge in [0.25, 0.3) is 5.91 Å². The first-order chi connectivity index (χ1) is 13.6. The van der Waals surface area contributed by atoms with Gasteiger partial charge in [-0.05, 0) is 37.1 Å². The molecule has 0 bridgehead atoms. The molecule has 0 unspecified atom stereocenters. The van der Waals surface area contributed by atoms with Crippen molar-refractivity contribution >= 4 is 17.5 Å². The van der Waals surface area contributed by atoms with Gasteiger partial charge in [-0.15, -0.1) is 10.2 Å². The largest absolute Gasteiger partial charge is 0.368 e. The summed E-state index contributed by atoms with van der Waals surface area (Å²) >= 11 is 0. The Labute approximate surface area is 161 Å². The van der Waals surface area contributed by atoms with Gasteiger partial charge >= 0.3 is 0 Å². The SMILES string of the molecule is Cn1ccc(NC(=O)c2ccc(NCC3(c4ncccc4F)CCC3)nn2)n1. The second-order valence-electron chi connectivity index (χ2n) is 6.95. The van der Waals surface area contributed by atoms with Gasteiger partial charge in [0.05, 0.1) is 5.69 Å². The molecule has 1 saturated carbocycles. The third-order valence-electron chi connectivity index (χ3n) is 5.03. The first-order valence-corrected chi connectivity index (χ1v) is 9.05. The van der Waals surface area contributed by atoms with Crippen LogP contribution in [0.25, 0.3) is 0 Å². The number of pyridine rings is 1. The number of nitrogens with one attached hydrogen (secondary N) is 2. The van der Waals surface area contributed by atoms with Crippen molar-refractivity contribution in [3.05, 3.63) is 59.9 Å². The molecule has 144 valence electrons. The molecule has 0 spiro atoms. The summed E-state index contributed by atoms with van der Waals surface area (Å²) in [5.41, 5.74) is 0.348. The minimum atomic E-state index is -0.385. The summed E-state index contributed by atoms with van der Waals surface area (Å²) < 4.78 is 15.8. The smallest absolute Gasteiger partial charge is 0.277 e. The van der Waals surface area contributed by atoms with Crippen LogP contribution < -0.4 is 10.6 Å². The number of anilines is 2. The van der Waals surface area contributed by atoms with E-state index in [0.29, 0.717) is 23.9 Å². The second-order valence-corrected chi connectivity index (χ2v) is 6.95. The summed E-state index contributed by atoms with van der Waals surface area (Å²) in [7, 11) is 1.77. The highest BCUT2D eigenvalue weighted by atomic mass is 19.1. The van der Waals surface area contributed by atoms with Gasteiger partial charge in [0.2, 0.25) is 0 Å². The van der Waals surface area contributed by atoms with Crippen LogP contribution in [0.2, 0.25) is 0 Å². The van der Waals surface area contributed by atoms with E-state index in [9.17, 15) is 9.18 Å². The molecule has 3 heterocycles. The molecule has 1 aliphatic rings. The predicted octanol–water partition coefficient (Wildman–Crippen LogP) is 2.53. The topological polar surface area (TPSA) is 97.6 Å². The van der Waals surface area contributed by atoms with E-state index in [1.807, 2.05) is 0 Å². The summed E-state index contributed by atoms with van der Waals surface area (Å²) in [4.78, 5) is 16.4. The van der Waals surface area contributed by atoms with Crippen molar-refractivity contribution in [2.75, 3.05) is 17.2 Å². The minimum Gasteiger partial charge on any atom is -0.368 e. The maximum atomic E-state index is 14.2. The molecule has 0 aliphatic heterocycles. The fourth-order valence-electron chi connectivity index (χ4n) is 3.35. The van der Waals surface area contributed by atoms with Crippen molar-refractivity contribution in [3.8, 4) is 0 Å². The molecule has 0 radical (unpaired) electrons. The van der Waals surface area contributed by atoms with Gasteiger partial charge < -0.3 is 10.6 Å². The lowest BCUT2D eigenvalue weighted by Gasteiger charge is -2.41. The lowest BCUT2D eigenvalue weighted by Crippen LogP contribution is -2.42. The monoisotopic (exact) mass is 381 g/mol. The quantitative estimate of drug-likeness (QED) is 0.681. The molecule has 0 saturated heterocycles. The Morgan fingerprint density at radius 1 is 1.21 bits per heavy atom. The zero-order valence-electron chi connectivity index (χ0n) is 15.4. The van der Waals surface area contributed by atoms with Crippen molar-refractivity contribution in [3.63, 3.8) is 0 Å². The van der Waals surface area contributed by atoms with Crippen LogP contribution in [0.5, 0.6) is 0 Å². The van der Waals surface area contributed by atoms with E-state index < -0.39 is 0 Å². The van der Waals surface area contributed by atoms with E-state index in [0.717, 1.165) is 19.3 Å². The van der Waals surface area contributed by atoms with E-state index in [-0.39, 0.29) is 22.8 Å². The average molecular weight is 381 g/mol. The highest BCUT2D eigenvalue weighted by Crippen LogP contribution is 2.43. The minimum absolute atomic E-state index is 0.185. The average Bonchev–Trinajstić information content (AvgIpc) is 3.07. The molecule has 8 nitrogen and oxygen atoms in total. The zero-order chi connectivity index (χ0) is 19.6. The van der Waals surface area contributed by atoms with Crippen molar-refractivity contribution in [2.24, 2.45) is 7.05 Å². The number of aromatic nitrogens is 5. The van der Waals surface area contributed by atoms with Gasteiger partial charge in [-0.3, -0.25) is 14.5 Å². The molecule has 1 amide bonds. The van der Waals surface area contributed by atoms with Crippen molar-refractivity contribution in [1.29, 1.82) is 0 Å². The van der Waals surface area contributed by atoms with Crippen LogP contribution in [-0.4, -0.2) is 37.4 Å². The Morgan fingerprint density at radius 3 is 2.68 bits per heavy atom. The van der Waals surface area contributed by atoms with Crippen LogP contribution in [0.1, 0.15) is 35.4 Å². The molecule has 9 heteroatoms. The number of carbonyl (C=O) groups is 1. The van der Waals surface area contributed by atoms with Crippen molar-refractivity contribution in [1.82, 2.24) is 25.0 Å². The summed E-state index contributed by atoms with van der Waals surface area (Å²) in [6.45, 7) is 0.509. The summed E-state index contributed by atoms with van der Waals surface area (Å²) in [6.07, 6.45) is 6.12. The molecule has 2 N–H and O–H groups in total. The highest BCUT2D eigenvalue weighted by Gasteiger charge is 2.41. The molecule has 1 fully saturated rings. The first kappa shape index (κ1) is 18.0. The Kier molecular flexibility index (Phi) is 4.72. The number of hydrogen-bond donors (Lipinski definition) is 2. The predicted molar refractivity (Wildman–Crippen MR) is 101 cm³/mol. The summed E-state index contributed by atoms with van der Waals surface area (Å²) in [6, 6.07) is 8.00. The molecule has 28 heavy (non-hydrogen) atoms. The summed E-state index contributed by atoms with van der Waals surface area (Å²) in [5.74, 6) is 0.304. The number of rotatable bonds is 6. The van der Waals surface area contributed by atoms with Crippen molar-refractivity contribution < 1.29 is 9.18 Å². The molecule has 4 rings (SSSR count). The van der Waals surface area contributed by atoms with Crippen LogP contribution in [0.3, 0.4) is 0 Å². The van der Waals surface area contributed by atoms with Crippen LogP contribution in [0, 0.1) is 5.82 Å². The zero-order valence-corrected chi connectivity index (χ0v) is 15.4. The van der Waals surface area contributed by atoms with E-state index in [4.69, 9.17) is 0 Å². The Morgan fingerprint density at radius 2 is 2.07 bits per heavy atom. The highest BCUT2D eigenvalue weighted by molar-refractivity contribution is 6.02. The number of aryl methyl sites for hydroxylation is 1. The fraction of sp³-hybridized carbons (Fsp3) is 0.316. The molecule has 0 aromatic carbocycles. The standard InChI is InChI=1S/C19H20FN7O/c1-27-11-7-16(26-27)23-18(28)14-5-6-15(25-24-14)22-12-19(8-3-9-19)17-13(20)4-2-10-21-17/h2,4-7,10-11H,3,8-9,12H2,1H3,(H,22,25)(H,23,26,28). The van der Waals surface area contributed by atoms with Crippen LogP contribution in [-0.2, 0) is 12.5 Å². The fourth-order valence-corrected chi connectivity index (χ4v) is 3.35. The van der Waals surface area contributed by atoms with Crippen molar-refractivity contribution in [2.45, 2.75) is 24.7 Å². The van der Waals surface area contributed by atoms with Crippen LogP contribution >= 0.6 is 0 Å². The van der Waals surface area contributed by atoms with Crippen LogP contribution in [0.4, 0.5) is 16.0 Å². The molecule has 0 atom stereocenters. The molecule has 3 aromatic heterocycles. The van der Waals surface area contributed by atoms with E-state index in [1.54, 1.807) is 48.4 Å². The van der Waals surface area contributed by atoms with Gasteiger partial charge in [-0.2, -0.15) is 5.10 Å². The third kappa shape index (κ3) is 3.55. The Hall–Kier alpha value is -3.36. The number of amides is 1. The Balaban J connectivity index is 1.40. The number of nitrogens with zero attached hydrogens (tertiary/aromatic N) is 5. The second kappa shape index (κ2) is 7.34. The van der Waals surface area contributed by atoms with Crippen LogP contribution in [0.15, 0.2) is 42.7 Å². The van der Waals surface area contributed by atoms with Gasteiger partial charge in [0, 0.05) is 37.5 Å². The Bertz CT molecular complexity index is 982. The lowest BCUT2D eigenvalue weighted by molar-refractivity contribution is 0.102. The normalized spacial score (nSPS) is 14.9. The third-order valence-corrected chi connectivity index (χ3v) is 5.03. The molecule has 1 aliphatic carbocycles. The van der Waals surface area contributed by atoms with Gasteiger partial charge in [-0.1, -0.05) is 6.42 Å². The maximum absolute atomic E-state index is 14.2. The number of hydrogen-bond acceptors (Lipinski definition) is 6. The van der Waals surface area contributed by atoms with E-state index in [2.05, 4.69) is 30.9 Å². The van der Waals surface area contributed by atoms with Gasteiger partial charge in [0.15, 0.2) is 11.5 Å². The maximum Gasteiger partial charge on any atom is 0.277 e. The number of carbonyl (C=O) groups excluding carboxylic acids is 1. The number of halogens is 1. The first-order valence-electron chi connectivity index (χ1n) is 9.05. The lowest BCUT2D eigenvalue weighted by atomic mass is 9.66. The molecular weight excluding hydrogens is 361 g/mol. The molecular formula is C19H20FN7O. The summed E-state index contributed by atoms with van der Waals surface area (Å²) in [5, 5.41) is 18.0. The van der Waals surface area contributed by atoms with E-state index in [1.165, 1.54) is 6.07 Å². The van der Waals surface area contributed by atoms with Gasteiger partial charge in [-0.25, -0.2) is 4.39 Å². The molecule has 3 aromatic rings. The van der Waals surface area contributed by atoms with Gasteiger partial charge in [0.1, 0.15) is 11.6 Å².